The van der Waals surface area contributed by atoms with Gasteiger partial charge in [0.1, 0.15) is 0 Å². The first kappa shape index (κ1) is 10.4. The van der Waals surface area contributed by atoms with Crippen molar-refractivity contribution in [2.45, 2.75) is 11.7 Å². The summed E-state index contributed by atoms with van der Waals surface area (Å²) in [6.45, 7) is 1.58. The topological polar surface area (TPSA) is 50.2 Å². The SMILES string of the molecule is CC(SS)(C(=O)O)c1ccccn1. The number of pyridine rings is 1. The zero-order valence-electron chi connectivity index (χ0n) is 6.97. The maximum absolute atomic E-state index is 10.9. The third kappa shape index (κ3) is 1.97. The molecule has 0 fully saturated rings. The van der Waals surface area contributed by atoms with Crippen LogP contribution in [0.2, 0.25) is 0 Å². The lowest BCUT2D eigenvalue weighted by Gasteiger charge is -2.20. The number of hydrogen-bond acceptors (Lipinski definition) is 4. The van der Waals surface area contributed by atoms with Crippen molar-refractivity contribution in [3.8, 4) is 0 Å². The number of carbonyl (C=O) groups is 1. The highest BCUT2D eigenvalue weighted by Gasteiger charge is 2.36. The molecule has 1 N–H and O–H groups in total. The van der Waals surface area contributed by atoms with Crippen LogP contribution in [-0.2, 0) is 9.54 Å². The van der Waals surface area contributed by atoms with Gasteiger partial charge in [-0.15, -0.1) is 11.7 Å². The number of nitrogens with zero attached hydrogens (tertiary/aromatic N) is 1. The summed E-state index contributed by atoms with van der Waals surface area (Å²) in [5, 5.41) is 8.98. The van der Waals surface area contributed by atoms with Gasteiger partial charge < -0.3 is 5.11 Å². The monoisotopic (exact) mass is 215 g/mol. The Morgan fingerprint density at radius 3 is 2.77 bits per heavy atom. The summed E-state index contributed by atoms with van der Waals surface area (Å²) in [5.74, 6) is -0.939. The molecule has 1 atom stereocenters. The quantitative estimate of drug-likeness (QED) is 0.598. The number of thiol groups is 1. The second-order valence-corrected chi connectivity index (χ2v) is 4.19. The average Bonchev–Trinajstić information content (AvgIpc) is 2.17. The average molecular weight is 215 g/mol. The summed E-state index contributed by atoms with van der Waals surface area (Å²) < 4.78 is -1.08. The summed E-state index contributed by atoms with van der Waals surface area (Å²) in [6, 6.07) is 5.18. The van der Waals surface area contributed by atoms with E-state index < -0.39 is 10.7 Å². The minimum absolute atomic E-state index is 0.502. The summed E-state index contributed by atoms with van der Waals surface area (Å²) in [6.07, 6.45) is 1.57. The molecular formula is C8H9NO2S2. The fourth-order valence-corrected chi connectivity index (χ4v) is 1.65. The van der Waals surface area contributed by atoms with Crippen molar-refractivity contribution in [3.05, 3.63) is 30.1 Å². The fraction of sp³-hybridized carbons (Fsp3) is 0.250. The molecule has 0 aliphatic heterocycles. The van der Waals surface area contributed by atoms with Gasteiger partial charge in [0.25, 0.3) is 0 Å². The third-order valence-corrected chi connectivity index (χ3v) is 3.59. The van der Waals surface area contributed by atoms with Gasteiger partial charge in [-0.2, -0.15) is 0 Å². The van der Waals surface area contributed by atoms with Gasteiger partial charge in [-0.25, -0.2) is 0 Å². The Kier molecular flexibility index (Phi) is 3.22. The molecule has 0 radical (unpaired) electrons. The first-order valence-electron chi connectivity index (χ1n) is 3.58. The first-order valence-corrected chi connectivity index (χ1v) is 5.45. The molecule has 13 heavy (non-hydrogen) atoms. The van der Waals surface area contributed by atoms with Gasteiger partial charge in [-0.1, -0.05) is 16.9 Å². The molecule has 70 valence electrons. The highest BCUT2D eigenvalue weighted by Crippen LogP contribution is 2.37. The van der Waals surface area contributed by atoms with Crippen molar-refractivity contribution in [1.82, 2.24) is 4.98 Å². The smallest absolute Gasteiger partial charge is 0.326 e. The van der Waals surface area contributed by atoms with Crippen molar-refractivity contribution in [1.29, 1.82) is 0 Å². The molecule has 0 saturated heterocycles. The van der Waals surface area contributed by atoms with Crippen molar-refractivity contribution in [3.63, 3.8) is 0 Å². The van der Waals surface area contributed by atoms with Gasteiger partial charge in [0.2, 0.25) is 0 Å². The molecule has 0 saturated carbocycles. The number of aromatic nitrogens is 1. The van der Waals surface area contributed by atoms with Crippen molar-refractivity contribution < 1.29 is 9.90 Å². The maximum Gasteiger partial charge on any atom is 0.326 e. The molecule has 1 aromatic rings. The van der Waals surface area contributed by atoms with E-state index in [4.69, 9.17) is 5.11 Å². The lowest BCUT2D eigenvalue weighted by Crippen LogP contribution is -2.28. The summed E-state index contributed by atoms with van der Waals surface area (Å²) >= 11 is 3.95. The highest BCUT2D eigenvalue weighted by atomic mass is 33.1. The molecule has 3 nitrogen and oxygen atoms in total. The fourth-order valence-electron chi connectivity index (χ4n) is 0.840. The van der Waals surface area contributed by atoms with E-state index in [2.05, 4.69) is 16.6 Å². The van der Waals surface area contributed by atoms with Crippen LogP contribution in [0.4, 0.5) is 0 Å². The van der Waals surface area contributed by atoms with Gasteiger partial charge in [-0.05, 0) is 19.1 Å². The van der Waals surface area contributed by atoms with E-state index in [9.17, 15) is 4.79 Å². The molecule has 1 unspecified atom stereocenters. The summed E-state index contributed by atoms with van der Waals surface area (Å²) in [4.78, 5) is 14.9. The second kappa shape index (κ2) is 4.02. The number of rotatable bonds is 3. The molecule has 1 aromatic heterocycles. The van der Waals surface area contributed by atoms with Crippen LogP contribution in [0.1, 0.15) is 12.6 Å². The van der Waals surface area contributed by atoms with E-state index in [1.54, 1.807) is 31.3 Å². The number of aliphatic carboxylic acids is 1. The van der Waals surface area contributed by atoms with Crippen molar-refractivity contribution in [2.75, 3.05) is 0 Å². The molecule has 1 rings (SSSR count). The van der Waals surface area contributed by atoms with Crippen LogP contribution in [0, 0.1) is 0 Å². The Labute approximate surface area is 85.4 Å². The highest BCUT2D eigenvalue weighted by molar-refractivity contribution is 8.69. The number of carboxylic acid groups (broad SMARTS) is 1. The largest absolute Gasteiger partial charge is 0.480 e. The van der Waals surface area contributed by atoms with E-state index >= 15 is 0 Å². The van der Waals surface area contributed by atoms with Crippen LogP contribution in [-0.4, -0.2) is 16.1 Å². The molecule has 5 heteroatoms. The molecule has 0 aromatic carbocycles. The van der Waals surface area contributed by atoms with Crippen LogP contribution in [0.15, 0.2) is 24.4 Å². The molecule has 0 aliphatic carbocycles. The Morgan fingerprint density at radius 2 is 2.38 bits per heavy atom. The van der Waals surface area contributed by atoms with Crippen LogP contribution < -0.4 is 0 Å². The Hall–Kier alpha value is -0.680. The molecule has 0 spiro atoms. The number of carboxylic acids is 1. The van der Waals surface area contributed by atoms with Gasteiger partial charge in [0.15, 0.2) is 4.75 Å². The molecular weight excluding hydrogens is 206 g/mol. The van der Waals surface area contributed by atoms with Crippen LogP contribution in [0.3, 0.4) is 0 Å². The molecule has 0 bridgehead atoms. The molecule has 1 heterocycles. The minimum Gasteiger partial charge on any atom is -0.480 e. The third-order valence-electron chi connectivity index (χ3n) is 1.74. The van der Waals surface area contributed by atoms with Crippen LogP contribution in [0.5, 0.6) is 0 Å². The predicted molar refractivity (Wildman–Crippen MR) is 55.8 cm³/mol. The number of hydrogen-bond donors (Lipinski definition) is 2. The molecule has 0 amide bonds. The first-order chi connectivity index (χ1) is 6.11. The van der Waals surface area contributed by atoms with Crippen LogP contribution in [0.25, 0.3) is 0 Å². The van der Waals surface area contributed by atoms with E-state index in [0.29, 0.717) is 5.69 Å². The lowest BCUT2D eigenvalue weighted by molar-refractivity contribution is -0.139. The minimum atomic E-state index is -1.08. The van der Waals surface area contributed by atoms with Crippen LogP contribution >= 0.6 is 22.5 Å². The zero-order chi connectivity index (χ0) is 9.90. The maximum atomic E-state index is 10.9. The summed E-state index contributed by atoms with van der Waals surface area (Å²) in [5.41, 5.74) is 0.502. The standard InChI is InChI=1S/C8H9NO2S2/c1-8(13-12,7(10)11)6-4-2-3-5-9-6/h2-5,12H,1H3,(H,10,11). The summed E-state index contributed by atoms with van der Waals surface area (Å²) in [7, 11) is 0.966. The normalized spacial score (nSPS) is 14.9. The lowest BCUT2D eigenvalue weighted by atomic mass is 10.1. The van der Waals surface area contributed by atoms with Gasteiger partial charge in [0, 0.05) is 6.20 Å². The Balaban J connectivity index is 3.11. The van der Waals surface area contributed by atoms with Gasteiger partial charge in [0.05, 0.1) is 5.69 Å². The zero-order valence-corrected chi connectivity index (χ0v) is 8.68. The van der Waals surface area contributed by atoms with Gasteiger partial charge in [-0.3, -0.25) is 9.78 Å². The van der Waals surface area contributed by atoms with Gasteiger partial charge >= 0.3 is 5.97 Å². The van der Waals surface area contributed by atoms with E-state index in [-0.39, 0.29) is 0 Å². The Morgan fingerprint density at radius 1 is 1.69 bits per heavy atom. The second-order valence-electron chi connectivity index (χ2n) is 2.64. The Bertz CT molecular complexity index is 304. The molecule has 0 aliphatic rings. The van der Waals surface area contributed by atoms with E-state index in [1.165, 1.54) is 0 Å². The van der Waals surface area contributed by atoms with E-state index in [1.807, 2.05) is 0 Å². The van der Waals surface area contributed by atoms with Crippen molar-refractivity contribution in [2.24, 2.45) is 0 Å². The van der Waals surface area contributed by atoms with E-state index in [0.717, 1.165) is 10.8 Å². The van der Waals surface area contributed by atoms with Crippen molar-refractivity contribution >= 4 is 28.4 Å². The predicted octanol–water partition coefficient (Wildman–Crippen LogP) is 1.96.